The first kappa shape index (κ1) is 16.2. The molecule has 0 aliphatic heterocycles. The Labute approximate surface area is 100 Å². The number of nitrogens with zero attached hydrogens (tertiary/aromatic N) is 2. The molecule has 0 aliphatic carbocycles. The lowest BCUT2D eigenvalue weighted by Gasteiger charge is -2.21. The second-order valence-electron chi connectivity index (χ2n) is 3.94. The number of nitriles is 1. The van der Waals surface area contributed by atoms with Gasteiger partial charge in [0.1, 0.15) is 6.61 Å². The topological polar surface area (TPSA) is 36.3 Å². The van der Waals surface area contributed by atoms with Gasteiger partial charge in [-0.1, -0.05) is 6.92 Å². The third-order valence-electron chi connectivity index (χ3n) is 2.23. The molecule has 0 N–H and O–H groups in total. The molecule has 3 nitrogen and oxygen atoms in total. The van der Waals surface area contributed by atoms with Gasteiger partial charge in [0.2, 0.25) is 0 Å². The van der Waals surface area contributed by atoms with Crippen molar-refractivity contribution in [2.24, 2.45) is 5.92 Å². The number of rotatable bonds is 8. The molecule has 0 rings (SSSR count). The molecule has 0 saturated carbocycles. The summed E-state index contributed by atoms with van der Waals surface area (Å²) in [7, 11) is 0. The quantitative estimate of drug-likeness (QED) is 0.622. The van der Waals surface area contributed by atoms with Gasteiger partial charge in [-0.3, -0.25) is 0 Å². The van der Waals surface area contributed by atoms with E-state index in [2.05, 4.69) is 10.8 Å². The highest BCUT2D eigenvalue weighted by Gasteiger charge is 2.27. The zero-order valence-electron chi connectivity index (χ0n) is 10.3. The molecule has 17 heavy (non-hydrogen) atoms. The largest absolute Gasteiger partial charge is 0.411 e. The van der Waals surface area contributed by atoms with Crippen LogP contribution >= 0.6 is 0 Å². The van der Waals surface area contributed by atoms with Crippen LogP contribution in [0.4, 0.5) is 13.2 Å². The summed E-state index contributed by atoms with van der Waals surface area (Å²) in [6.45, 7) is 4.77. The van der Waals surface area contributed by atoms with Gasteiger partial charge in [-0.05, 0) is 19.9 Å². The number of hydrogen-bond donors (Lipinski definition) is 0. The first-order chi connectivity index (χ1) is 7.89. The SMILES string of the molecule is CCN(CCCOCC(F)(F)F)CC(C)C#N. The molecule has 0 amide bonds. The summed E-state index contributed by atoms with van der Waals surface area (Å²) in [6, 6.07) is 2.13. The molecule has 0 spiro atoms. The lowest BCUT2D eigenvalue weighted by atomic mass is 10.2. The Morgan fingerprint density at radius 3 is 2.53 bits per heavy atom. The van der Waals surface area contributed by atoms with Gasteiger partial charge in [0.25, 0.3) is 0 Å². The maximum Gasteiger partial charge on any atom is 0.411 e. The van der Waals surface area contributed by atoms with Crippen molar-refractivity contribution in [3.05, 3.63) is 0 Å². The van der Waals surface area contributed by atoms with E-state index in [1.54, 1.807) is 0 Å². The standard InChI is InChI=1S/C11H19F3N2O/c1-3-16(8-10(2)7-15)5-4-6-17-9-11(12,13)14/h10H,3-6,8-9H2,1-2H3. The van der Waals surface area contributed by atoms with Gasteiger partial charge < -0.3 is 9.64 Å². The van der Waals surface area contributed by atoms with Crippen molar-refractivity contribution >= 4 is 0 Å². The van der Waals surface area contributed by atoms with Crippen molar-refractivity contribution in [3.8, 4) is 6.07 Å². The minimum Gasteiger partial charge on any atom is -0.372 e. The van der Waals surface area contributed by atoms with E-state index >= 15 is 0 Å². The van der Waals surface area contributed by atoms with E-state index in [1.807, 2.05) is 18.7 Å². The molecular formula is C11H19F3N2O. The zero-order chi connectivity index (χ0) is 13.3. The van der Waals surface area contributed by atoms with E-state index in [0.717, 1.165) is 6.54 Å². The molecule has 0 fully saturated rings. The van der Waals surface area contributed by atoms with E-state index in [0.29, 0.717) is 19.5 Å². The van der Waals surface area contributed by atoms with Crippen LogP contribution in [-0.2, 0) is 4.74 Å². The van der Waals surface area contributed by atoms with Crippen molar-refractivity contribution in [2.75, 3.05) is 32.8 Å². The summed E-state index contributed by atoms with van der Waals surface area (Å²) in [6.07, 6.45) is -3.71. The fourth-order valence-corrected chi connectivity index (χ4v) is 1.38. The number of hydrogen-bond acceptors (Lipinski definition) is 3. The molecule has 0 radical (unpaired) electrons. The van der Waals surface area contributed by atoms with Crippen LogP contribution < -0.4 is 0 Å². The fraction of sp³-hybridized carbons (Fsp3) is 0.909. The first-order valence-electron chi connectivity index (χ1n) is 5.65. The minimum absolute atomic E-state index is 0.0638. The van der Waals surface area contributed by atoms with Gasteiger partial charge in [0.05, 0.1) is 12.0 Å². The lowest BCUT2D eigenvalue weighted by molar-refractivity contribution is -0.174. The fourth-order valence-electron chi connectivity index (χ4n) is 1.38. The van der Waals surface area contributed by atoms with Crippen LogP contribution in [0.3, 0.4) is 0 Å². The highest BCUT2D eigenvalue weighted by Crippen LogP contribution is 2.14. The predicted octanol–water partition coefficient (Wildman–Crippen LogP) is 2.44. The summed E-state index contributed by atoms with van der Waals surface area (Å²) >= 11 is 0. The maximum atomic E-state index is 11.8. The van der Waals surface area contributed by atoms with Crippen LogP contribution in [0.2, 0.25) is 0 Å². The number of ether oxygens (including phenoxy) is 1. The first-order valence-corrected chi connectivity index (χ1v) is 5.65. The number of halogens is 3. The highest BCUT2D eigenvalue weighted by atomic mass is 19.4. The van der Waals surface area contributed by atoms with Crippen LogP contribution in [0.1, 0.15) is 20.3 Å². The molecule has 0 aromatic heterocycles. The third kappa shape index (κ3) is 10.1. The summed E-state index contributed by atoms with van der Waals surface area (Å²) in [5, 5.41) is 8.65. The highest BCUT2D eigenvalue weighted by molar-refractivity contribution is 4.81. The predicted molar refractivity (Wildman–Crippen MR) is 58.4 cm³/mol. The van der Waals surface area contributed by atoms with Gasteiger partial charge in [-0.15, -0.1) is 0 Å². The summed E-state index contributed by atoms with van der Waals surface area (Å²) < 4.78 is 39.8. The molecule has 0 aromatic carbocycles. The molecule has 0 saturated heterocycles. The zero-order valence-corrected chi connectivity index (χ0v) is 10.3. The van der Waals surface area contributed by atoms with Gasteiger partial charge in [0, 0.05) is 19.7 Å². The van der Waals surface area contributed by atoms with E-state index in [-0.39, 0.29) is 12.5 Å². The normalized spacial score (nSPS) is 13.7. The molecule has 1 unspecified atom stereocenters. The van der Waals surface area contributed by atoms with Gasteiger partial charge >= 0.3 is 6.18 Å². The van der Waals surface area contributed by atoms with Crippen molar-refractivity contribution in [1.29, 1.82) is 5.26 Å². The van der Waals surface area contributed by atoms with E-state index in [9.17, 15) is 13.2 Å². The molecule has 100 valence electrons. The van der Waals surface area contributed by atoms with Crippen LogP contribution in [0.15, 0.2) is 0 Å². The Hall–Kier alpha value is -0.800. The van der Waals surface area contributed by atoms with Crippen molar-refractivity contribution in [3.63, 3.8) is 0 Å². The van der Waals surface area contributed by atoms with Crippen LogP contribution in [-0.4, -0.2) is 43.9 Å². The molecule has 1 atom stereocenters. The average Bonchev–Trinajstić information content (AvgIpc) is 2.25. The molecule has 0 aliphatic rings. The molecule has 0 bridgehead atoms. The van der Waals surface area contributed by atoms with Crippen LogP contribution in [0.25, 0.3) is 0 Å². The van der Waals surface area contributed by atoms with E-state index in [1.165, 1.54) is 0 Å². The lowest BCUT2D eigenvalue weighted by Crippen LogP contribution is -2.30. The Balaban J connectivity index is 3.61. The van der Waals surface area contributed by atoms with Crippen molar-refractivity contribution in [1.82, 2.24) is 4.90 Å². The monoisotopic (exact) mass is 252 g/mol. The van der Waals surface area contributed by atoms with Gasteiger partial charge in [0.15, 0.2) is 0 Å². The summed E-state index contributed by atoms with van der Waals surface area (Å²) in [5.41, 5.74) is 0. The van der Waals surface area contributed by atoms with Crippen molar-refractivity contribution in [2.45, 2.75) is 26.4 Å². The third-order valence-corrected chi connectivity index (χ3v) is 2.23. The molecule has 0 heterocycles. The Kier molecular flexibility index (Phi) is 7.92. The van der Waals surface area contributed by atoms with Gasteiger partial charge in [-0.2, -0.15) is 18.4 Å². The number of alkyl halides is 3. The van der Waals surface area contributed by atoms with E-state index < -0.39 is 12.8 Å². The Morgan fingerprint density at radius 2 is 2.06 bits per heavy atom. The van der Waals surface area contributed by atoms with E-state index in [4.69, 9.17) is 5.26 Å². The Bertz CT molecular complexity index is 238. The second kappa shape index (κ2) is 8.31. The Morgan fingerprint density at radius 1 is 1.41 bits per heavy atom. The van der Waals surface area contributed by atoms with Crippen LogP contribution in [0.5, 0.6) is 0 Å². The molecule has 6 heteroatoms. The summed E-state index contributed by atoms with van der Waals surface area (Å²) in [4.78, 5) is 2.03. The summed E-state index contributed by atoms with van der Waals surface area (Å²) in [5.74, 6) is -0.0638. The maximum absolute atomic E-state index is 11.8. The van der Waals surface area contributed by atoms with Gasteiger partial charge in [-0.25, -0.2) is 0 Å². The van der Waals surface area contributed by atoms with Crippen LogP contribution in [0, 0.1) is 17.2 Å². The van der Waals surface area contributed by atoms with Crippen molar-refractivity contribution < 1.29 is 17.9 Å². The minimum atomic E-state index is -4.25. The molecular weight excluding hydrogens is 233 g/mol. The second-order valence-corrected chi connectivity index (χ2v) is 3.94. The smallest absolute Gasteiger partial charge is 0.372 e. The molecule has 0 aromatic rings. The average molecular weight is 252 g/mol.